The Hall–Kier alpha value is -3.68. The van der Waals surface area contributed by atoms with E-state index in [4.69, 9.17) is 24.7 Å². The summed E-state index contributed by atoms with van der Waals surface area (Å²) in [6.07, 6.45) is -5.50. The third kappa shape index (κ3) is 7.91. The van der Waals surface area contributed by atoms with E-state index in [1.807, 2.05) is 6.92 Å². The van der Waals surface area contributed by atoms with Gasteiger partial charge in [-0.05, 0) is 55.5 Å². The van der Waals surface area contributed by atoms with Crippen molar-refractivity contribution >= 4 is 29.6 Å². The lowest BCUT2D eigenvalue weighted by atomic mass is 10.0. The van der Waals surface area contributed by atoms with E-state index in [-0.39, 0.29) is 23.8 Å². The summed E-state index contributed by atoms with van der Waals surface area (Å²) in [4.78, 5) is 22.1. The van der Waals surface area contributed by atoms with Crippen molar-refractivity contribution in [2.75, 3.05) is 26.2 Å². The molecule has 0 spiro atoms. The zero-order chi connectivity index (χ0) is 27.9. The third-order valence-corrected chi connectivity index (χ3v) is 5.76. The first kappa shape index (κ1) is 28.9. The predicted octanol–water partition coefficient (Wildman–Crippen LogP) is 4.39. The topological polar surface area (TPSA) is 117 Å². The number of alkyl halides is 3. The summed E-state index contributed by atoms with van der Waals surface area (Å²) in [5.41, 5.74) is 7.45. The number of nitrogens with two attached hydrogens (primary N) is 1. The van der Waals surface area contributed by atoms with Crippen molar-refractivity contribution in [3.05, 3.63) is 54.1 Å². The maximum atomic E-state index is 12.7. The van der Waals surface area contributed by atoms with Crippen LogP contribution in [-0.2, 0) is 18.9 Å². The van der Waals surface area contributed by atoms with Crippen molar-refractivity contribution < 1.29 is 41.7 Å². The van der Waals surface area contributed by atoms with Crippen molar-refractivity contribution in [2.24, 2.45) is 15.7 Å². The first-order valence-corrected chi connectivity index (χ1v) is 11.5. The first-order valence-electron chi connectivity index (χ1n) is 11.5. The molecule has 1 aliphatic rings. The molecule has 2 aromatic carbocycles. The predicted molar refractivity (Wildman–Crippen MR) is 134 cm³/mol. The maximum Gasteiger partial charge on any atom is 0.573 e. The van der Waals surface area contributed by atoms with E-state index < -0.39 is 24.8 Å². The smallest absolute Gasteiger partial charge is 0.416 e. The van der Waals surface area contributed by atoms with Crippen molar-refractivity contribution in [3.63, 3.8) is 0 Å². The highest BCUT2D eigenvalue weighted by Crippen LogP contribution is 2.27. The van der Waals surface area contributed by atoms with Gasteiger partial charge in [0.05, 0.1) is 17.9 Å². The Labute approximate surface area is 217 Å². The molecule has 1 aliphatic heterocycles. The monoisotopic (exact) mass is 538 g/mol. The summed E-state index contributed by atoms with van der Waals surface area (Å²) in [6.45, 7) is 1.84. The Bertz CT molecular complexity index is 1130. The van der Waals surface area contributed by atoms with E-state index >= 15 is 0 Å². The fraction of sp³-hybridized carbons (Fsp3) is 0.400. The van der Waals surface area contributed by atoms with Crippen LogP contribution in [0.5, 0.6) is 5.75 Å². The van der Waals surface area contributed by atoms with Crippen LogP contribution in [0.2, 0.25) is 0 Å². The second kappa shape index (κ2) is 12.7. The summed E-state index contributed by atoms with van der Waals surface area (Å²) in [6, 6.07) is 11.6. The van der Waals surface area contributed by atoms with Crippen molar-refractivity contribution in [2.45, 2.75) is 44.3 Å². The number of carbonyl (C=O) groups is 1. The lowest BCUT2D eigenvalue weighted by Gasteiger charge is -2.38. The number of aliphatic imine (C=N–C) groups is 2. The number of halogens is 3. The molecule has 38 heavy (non-hydrogen) atoms. The van der Waals surface area contributed by atoms with Gasteiger partial charge in [-0.1, -0.05) is 0 Å². The van der Waals surface area contributed by atoms with Gasteiger partial charge in [0.2, 0.25) is 6.29 Å². The van der Waals surface area contributed by atoms with Gasteiger partial charge in [0.25, 0.3) is 0 Å². The van der Waals surface area contributed by atoms with E-state index in [1.165, 1.54) is 30.5 Å². The third-order valence-electron chi connectivity index (χ3n) is 5.76. The molecule has 3 rings (SSSR count). The van der Waals surface area contributed by atoms with Crippen LogP contribution < -0.4 is 15.4 Å². The van der Waals surface area contributed by atoms with E-state index in [0.29, 0.717) is 23.4 Å². The van der Waals surface area contributed by atoms with Gasteiger partial charge >= 0.3 is 12.5 Å². The number of amidine groups is 1. The molecule has 0 aliphatic carbocycles. The molecule has 0 radical (unpaired) electrons. The number of hydrogen-bond donors (Lipinski definition) is 1. The molecular formula is C25H29F3N4O6. The van der Waals surface area contributed by atoms with Gasteiger partial charge in [0.15, 0.2) is 0 Å². The van der Waals surface area contributed by atoms with E-state index in [9.17, 15) is 18.0 Å². The number of ether oxygens (including phenoxy) is 5. The molecule has 2 N–H and O–H groups in total. The number of benzene rings is 2. The number of hydrogen-bond acceptors (Lipinski definition) is 7. The van der Waals surface area contributed by atoms with Gasteiger partial charge in [0, 0.05) is 38.9 Å². The van der Waals surface area contributed by atoms with Crippen molar-refractivity contribution in [1.29, 1.82) is 0 Å². The lowest BCUT2D eigenvalue weighted by Crippen LogP contribution is -2.50. The van der Waals surface area contributed by atoms with Crippen LogP contribution >= 0.6 is 0 Å². The highest BCUT2D eigenvalue weighted by molar-refractivity contribution is 6.02. The summed E-state index contributed by atoms with van der Waals surface area (Å²) in [5.74, 6) is -0.213. The van der Waals surface area contributed by atoms with Gasteiger partial charge in [-0.15, -0.1) is 13.2 Å². The molecule has 4 atom stereocenters. The molecular weight excluding hydrogens is 509 g/mol. The summed E-state index contributed by atoms with van der Waals surface area (Å²) in [5, 5.41) is 0. The number of anilines is 1. The highest BCUT2D eigenvalue weighted by atomic mass is 19.4. The van der Waals surface area contributed by atoms with Crippen LogP contribution in [0.3, 0.4) is 0 Å². The van der Waals surface area contributed by atoms with Crippen molar-refractivity contribution in [1.82, 2.24) is 0 Å². The van der Waals surface area contributed by atoms with Gasteiger partial charge in [-0.2, -0.15) is 0 Å². The second-order valence-corrected chi connectivity index (χ2v) is 8.28. The Morgan fingerprint density at radius 2 is 1.71 bits per heavy atom. The number of rotatable bonds is 8. The van der Waals surface area contributed by atoms with E-state index in [2.05, 4.69) is 14.7 Å². The van der Waals surface area contributed by atoms with Crippen LogP contribution in [0.1, 0.15) is 18.9 Å². The first-order chi connectivity index (χ1) is 18.0. The molecule has 0 bridgehead atoms. The van der Waals surface area contributed by atoms with E-state index in [1.54, 1.807) is 38.4 Å². The Balaban J connectivity index is 1.58. The molecule has 1 saturated heterocycles. The molecule has 1 heterocycles. The number of carbonyl (C=O) groups excluding carboxylic acids is 1. The average molecular weight is 539 g/mol. The van der Waals surface area contributed by atoms with Crippen LogP contribution in [0.4, 0.5) is 29.3 Å². The van der Waals surface area contributed by atoms with Crippen molar-refractivity contribution in [3.8, 4) is 5.75 Å². The maximum absolute atomic E-state index is 12.7. The molecule has 2 unspecified atom stereocenters. The summed E-state index contributed by atoms with van der Waals surface area (Å²) in [7, 11) is 4.66. The van der Waals surface area contributed by atoms with Gasteiger partial charge in [-0.25, -0.2) is 14.8 Å². The molecule has 1 fully saturated rings. The zero-order valence-corrected chi connectivity index (χ0v) is 21.2. The van der Waals surface area contributed by atoms with Crippen LogP contribution in [0.25, 0.3) is 0 Å². The Kier molecular flexibility index (Phi) is 9.66. The number of nitrogens with zero attached hydrogens (tertiary/aromatic N) is 3. The zero-order valence-electron chi connectivity index (χ0n) is 21.2. The normalized spacial score (nSPS) is 22.3. The molecule has 10 nitrogen and oxygen atoms in total. The van der Waals surface area contributed by atoms with Gasteiger partial charge in [0.1, 0.15) is 24.0 Å². The van der Waals surface area contributed by atoms with Crippen LogP contribution in [0, 0.1) is 0 Å². The van der Waals surface area contributed by atoms with Crippen LogP contribution in [0.15, 0.2) is 58.5 Å². The fourth-order valence-corrected chi connectivity index (χ4v) is 3.62. The average Bonchev–Trinajstić information content (AvgIpc) is 2.88. The van der Waals surface area contributed by atoms with E-state index in [0.717, 1.165) is 12.1 Å². The fourth-order valence-electron chi connectivity index (χ4n) is 3.62. The minimum Gasteiger partial charge on any atom is -0.416 e. The SMILES string of the molecule is COC1C[C@@H](OC)C(OC(=O)N(C)c2ccc(C(N)=NC=Nc3ccc(OC(F)(F)F)cc3)cc2)O[C@H]1C. The largest absolute Gasteiger partial charge is 0.573 e. The highest BCUT2D eigenvalue weighted by Gasteiger charge is 2.39. The Morgan fingerprint density at radius 3 is 2.29 bits per heavy atom. The minimum atomic E-state index is -4.77. The quantitative estimate of drug-likeness (QED) is 0.391. The number of amides is 1. The minimum absolute atomic E-state index is 0.141. The molecule has 13 heteroatoms. The molecule has 0 saturated carbocycles. The second-order valence-electron chi connectivity index (χ2n) is 8.28. The Morgan fingerprint density at radius 1 is 1.08 bits per heavy atom. The summed E-state index contributed by atoms with van der Waals surface area (Å²) < 4.78 is 62.6. The number of methoxy groups -OCH3 is 2. The molecule has 206 valence electrons. The molecule has 1 amide bonds. The van der Waals surface area contributed by atoms with Crippen LogP contribution in [-0.4, -0.2) is 70.5 Å². The molecule has 0 aromatic heterocycles. The van der Waals surface area contributed by atoms with Gasteiger partial charge < -0.3 is 29.4 Å². The molecule has 2 aromatic rings. The standard InChI is InChI=1S/C25H29F3N4O6/c1-15-20(34-3)13-21(35-4)23(36-15)37-24(33)32(2)18-9-5-16(6-10-18)22(29)31-14-30-17-7-11-19(12-8-17)38-25(26,27)28/h5-12,14-15,20-21,23H,13H2,1-4H3,(H2,29,30,31)/t15-,20?,21+,23?/m0/s1. The summed E-state index contributed by atoms with van der Waals surface area (Å²) >= 11 is 0. The van der Waals surface area contributed by atoms with Gasteiger partial charge in [-0.3, -0.25) is 4.90 Å². The lowest BCUT2D eigenvalue weighted by molar-refractivity contribution is -0.274.